The summed E-state index contributed by atoms with van der Waals surface area (Å²) < 4.78 is 5.19. The van der Waals surface area contributed by atoms with Crippen molar-refractivity contribution in [3.8, 4) is 10.6 Å². The van der Waals surface area contributed by atoms with E-state index < -0.39 is 11.4 Å². The van der Waals surface area contributed by atoms with Gasteiger partial charge in [0.05, 0.1) is 10.3 Å². The fraction of sp³-hybridized carbons (Fsp3) is 0.357. The van der Waals surface area contributed by atoms with E-state index in [0.717, 1.165) is 4.88 Å². The number of carboxylic acid groups (broad SMARTS) is 1. The maximum absolute atomic E-state index is 12.4. The van der Waals surface area contributed by atoms with Crippen LogP contribution in [0, 0.1) is 5.41 Å². The molecule has 0 radical (unpaired) electrons. The van der Waals surface area contributed by atoms with Crippen molar-refractivity contribution in [1.29, 1.82) is 0 Å². The maximum atomic E-state index is 12.4. The molecule has 0 bridgehead atoms. The number of hydrogen-bond donors (Lipinski definition) is 1. The van der Waals surface area contributed by atoms with Crippen molar-refractivity contribution in [3.05, 3.63) is 29.3 Å². The molecule has 1 N–H and O–H groups in total. The van der Waals surface area contributed by atoms with Crippen LogP contribution in [-0.2, 0) is 4.79 Å². The molecule has 1 saturated heterocycles. The quantitative estimate of drug-likeness (QED) is 0.941. The average molecular weight is 306 g/mol. The van der Waals surface area contributed by atoms with E-state index >= 15 is 0 Å². The molecule has 0 aliphatic carbocycles. The zero-order chi connectivity index (χ0) is 15.0. The fourth-order valence-electron chi connectivity index (χ4n) is 2.38. The molecule has 0 aromatic carbocycles. The lowest BCUT2D eigenvalue weighted by Crippen LogP contribution is -2.35. The van der Waals surface area contributed by atoms with Crippen molar-refractivity contribution in [2.45, 2.75) is 13.3 Å². The molecule has 1 atom stereocenters. The van der Waals surface area contributed by atoms with Crippen LogP contribution in [-0.4, -0.2) is 40.1 Å². The predicted octanol–water partition coefficient (Wildman–Crippen LogP) is 2.34. The van der Waals surface area contributed by atoms with Crippen molar-refractivity contribution in [2.75, 3.05) is 13.1 Å². The van der Waals surface area contributed by atoms with Gasteiger partial charge in [0.25, 0.3) is 5.91 Å². The Hall–Kier alpha value is -2.15. The van der Waals surface area contributed by atoms with Crippen molar-refractivity contribution in [3.63, 3.8) is 0 Å². The molecule has 1 amide bonds. The van der Waals surface area contributed by atoms with Gasteiger partial charge in [0, 0.05) is 19.2 Å². The smallest absolute Gasteiger partial charge is 0.311 e. The van der Waals surface area contributed by atoms with E-state index in [9.17, 15) is 14.7 Å². The zero-order valence-corrected chi connectivity index (χ0v) is 12.2. The van der Waals surface area contributed by atoms with Crippen LogP contribution in [0.15, 0.2) is 28.1 Å². The Labute approximate surface area is 125 Å². The van der Waals surface area contributed by atoms with Gasteiger partial charge in [-0.1, -0.05) is 11.2 Å². The highest BCUT2D eigenvalue weighted by molar-refractivity contribution is 7.13. The predicted molar refractivity (Wildman–Crippen MR) is 76.1 cm³/mol. The van der Waals surface area contributed by atoms with Gasteiger partial charge in [-0.05, 0) is 24.8 Å². The van der Waals surface area contributed by atoms with E-state index in [4.69, 9.17) is 4.52 Å². The number of hydrogen-bond acceptors (Lipinski definition) is 5. The summed E-state index contributed by atoms with van der Waals surface area (Å²) in [7, 11) is 0. The minimum atomic E-state index is -0.879. The maximum Gasteiger partial charge on any atom is 0.311 e. The summed E-state index contributed by atoms with van der Waals surface area (Å²) in [5.41, 5.74) is -0.663. The lowest BCUT2D eigenvalue weighted by atomic mass is 9.90. The number of carboxylic acids is 1. The molecule has 1 fully saturated rings. The molecular weight excluding hydrogens is 292 g/mol. The molecule has 0 spiro atoms. The molecule has 1 aliphatic rings. The van der Waals surface area contributed by atoms with Crippen LogP contribution in [0.4, 0.5) is 0 Å². The highest BCUT2D eigenvalue weighted by Crippen LogP contribution is 2.31. The zero-order valence-electron chi connectivity index (χ0n) is 11.4. The summed E-state index contributed by atoms with van der Waals surface area (Å²) in [5, 5.41) is 14.9. The normalized spacial score (nSPS) is 21.7. The second-order valence-corrected chi connectivity index (χ2v) is 6.34. The van der Waals surface area contributed by atoms with Crippen LogP contribution in [0.25, 0.3) is 10.6 Å². The van der Waals surface area contributed by atoms with Crippen LogP contribution < -0.4 is 0 Å². The minimum absolute atomic E-state index is 0.197. The van der Waals surface area contributed by atoms with Gasteiger partial charge < -0.3 is 14.5 Å². The number of aliphatic carboxylic acids is 1. The van der Waals surface area contributed by atoms with Gasteiger partial charge in [-0.25, -0.2) is 0 Å². The van der Waals surface area contributed by atoms with E-state index in [1.165, 1.54) is 16.2 Å². The van der Waals surface area contributed by atoms with Gasteiger partial charge in [0.1, 0.15) is 0 Å². The summed E-state index contributed by atoms with van der Waals surface area (Å²) in [6, 6.07) is 5.38. The Morgan fingerprint density at radius 1 is 1.52 bits per heavy atom. The first-order chi connectivity index (χ1) is 9.99. The van der Waals surface area contributed by atoms with E-state index in [2.05, 4.69) is 5.16 Å². The molecule has 2 aromatic heterocycles. The summed E-state index contributed by atoms with van der Waals surface area (Å²) in [6.45, 7) is 2.27. The summed E-state index contributed by atoms with van der Waals surface area (Å²) >= 11 is 1.50. The molecule has 3 rings (SSSR count). The molecule has 1 unspecified atom stereocenters. The van der Waals surface area contributed by atoms with E-state index in [1.807, 2.05) is 17.5 Å². The Kier molecular flexibility index (Phi) is 3.29. The summed E-state index contributed by atoms with van der Waals surface area (Å²) in [4.78, 5) is 26.0. The number of nitrogens with zero attached hydrogens (tertiary/aromatic N) is 2. The second kappa shape index (κ2) is 5.00. The third kappa shape index (κ3) is 2.44. The number of carbonyl (C=O) groups is 2. The third-order valence-corrected chi connectivity index (χ3v) is 4.65. The number of aromatic nitrogens is 1. The topological polar surface area (TPSA) is 83.6 Å². The molecule has 3 heterocycles. The largest absolute Gasteiger partial charge is 0.481 e. The van der Waals surface area contributed by atoms with E-state index in [-0.39, 0.29) is 18.1 Å². The SMILES string of the molecule is CC1(C(=O)O)CCN(C(=O)c2cc(-c3cccs3)on2)C1. The van der Waals surface area contributed by atoms with E-state index in [1.54, 1.807) is 13.0 Å². The number of likely N-dealkylation sites (tertiary alicyclic amines) is 1. The van der Waals surface area contributed by atoms with Crippen LogP contribution in [0.2, 0.25) is 0 Å². The molecule has 6 nitrogen and oxygen atoms in total. The lowest BCUT2D eigenvalue weighted by molar-refractivity contribution is -0.147. The molecular formula is C14H14N2O4S. The van der Waals surface area contributed by atoms with Gasteiger partial charge in [-0.15, -0.1) is 11.3 Å². The standard InChI is InChI=1S/C14H14N2O4S/c1-14(13(18)19)4-5-16(8-14)12(17)9-7-10(20-15-9)11-3-2-6-21-11/h2-3,6-7H,4-5,8H2,1H3,(H,18,19). The van der Waals surface area contributed by atoms with Crippen LogP contribution in [0.5, 0.6) is 0 Å². The van der Waals surface area contributed by atoms with Crippen molar-refractivity contribution >= 4 is 23.2 Å². The van der Waals surface area contributed by atoms with Gasteiger partial charge in [-0.2, -0.15) is 0 Å². The fourth-order valence-corrected chi connectivity index (χ4v) is 3.06. The first-order valence-electron chi connectivity index (χ1n) is 6.53. The monoisotopic (exact) mass is 306 g/mol. The van der Waals surface area contributed by atoms with Gasteiger partial charge in [0.2, 0.25) is 0 Å². The molecule has 7 heteroatoms. The summed E-state index contributed by atoms with van der Waals surface area (Å²) in [5.74, 6) is -0.614. The Bertz CT molecular complexity index is 679. The van der Waals surface area contributed by atoms with Gasteiger partial charge >= 0.3 is 5.97 Å². The van der Waals surface area contributed by atoms with Gasteiger partial charge in [0.15, 0.2) is 11.5 Å². The number of amides is 1. The number of rotatable bonds is 3. The highest BCUT2D eigenvalue weighted by Gasteiger charge is 2.42. The Balaban J connectivity index is 1.76. The Morgan fingerprint density at radius 2 is 2.33 bits per heavy atom. The van der Waals surface area contributed by atoms with Crippen LogP contribution in [0.3, 0.4) is 0 Å². The highest BCUT2D eigenvalue weighted by atomic mass is 32.1. The molecule has 0 saturated carbocycles. The van der Waals surface area contributed by atoms with Crippen LogP contribution in [0.1, 0.15) is 23.8 Å². The van der Waals surface area contributed by atoms with Crippen LogP contribution >= 0.6 is 11.3 Å². The van der Waals surface area contributed by atoms with Gasteiger partial charge in [-0.3, -0.25) is 9.59 Å². The molecule has 2 aromatic rings. The van der Waals surface area contributed by atoms with Crippen molar-refractivity contribution in [1.82, 2.24) is 10.1 Å². The third-order valence-electron chi connectivity index (χ3n) is 3.77. The lowest BCUT2D eigenvalue weighted by Gasteiger charge is -2.19. The number of carbonyl (C=O) groups excluding carboxylic acids is 1. The minimum Gasteiger partial charge on any atom is -0.481 e. The Morgan fingerprint density at radius 3 is 2.95 bits per heavy atom. The summed E-state index contributed by atoms with van der Waals surface area (Å²) in [6.07, 6.45) is 0.448. The first kappa shape index (κ1) is 13.8. The van der Waals surface area contributed by atoms with Crippen molar-refractivity contribution < 1.29 is 19.2 Å². The van der Waals surface area contributed by atoms with E-state index in [0.29, 0.717) is 18.7 Å². The number of thiophene rings is 1. The molecule has 1 aliphatic heterocycles. The first-order valence-corrected chi connectivity index (χ1v) is 7.41. The van der Waals surface area contributed by atoms with Crippen molar-refractivity contribution in [2.24, 2.45) is 5.41 Å². The molecule has 110 valence electrons. The molecule has 21 heavy (non-hydrogen) atoms. The second-order valence-electron chi connectivity index (χ2n) is 5.40. The average Bonchev–Trinajstić information content (AvgIpc) is 3.18.